The average molecular weight is 515 g/mol. The first-order valence-electron chi connectivity index (χ1n) is 7.77. The topological polar surface area (TPSA) is 76.0 Å². The van der Waals surface area contributed by atoms with Crippen molar-refractivity contribution in [2.75, 3.05) is 0 Å². The summed E-state index contributed by atoms with van der Waals surface area (Å²) < 4.78 is 11.8. The Labute approximate surface area is 209 Å². The minimum absolute atomic E-state index is 0. The summed E-state index contributed by atoms with van der Waals surface area (Å²) in [7, 11) is 0. The van der Waals surface area contributed by atoms with E-state index in [0.717, 1.165) is 0 Å². The van der Waals surface area contributed by atoms with Crippen molar-refractivity contribution >= 4 is 5.97 Å². The molecule has 0 amide bonds. The Balaban J connectivity index is 0.000000934. The van der Waals surface area contributed by atoms with E-state index < -0.39 is 11.6 Å². The molecule has 3 aromatic carbocycles. The van der Waals surface area contributed by atoms with Crippen molar-refractivity contribution in [3.63, 3.8) is 0 Å². The summed E-state index contributed by atoms with van der Waals surface area (Å²) in [6.45, 7) is 0. The van der Waals surface area contributed by atoms with Crippen LogP contribution in [-0.4, -0.2) is 16.2 Å². The van der Waals surface area contributed by atoms with Crippen LogP contribution in [0.1, 0.15) is 28.5 Å². The fraction of sp³-hybridized carbons (Fsp3) is 0.0500. The Morgan fingerprint density at radius 2 is 1.37 bits per heavy atom. The van der Waals surface area contributed by atoms with E-state index in [9.17, 15) is 15.0 Å². The van der Waals surface area contributed by atoms with Crippen molar-refractivity contribution in [2.45, 2.75) is 5.60 Å². The van der Waals surface area contributed by atoms with Gasteiger partial charge >= 0.3 is 35.5 Å². The summed E-state index contributed by atoms with van der Waals surface area (Å²) in [4.78, 5) is 12.5. The number of hydrogen-bond donors (Lipinski definition) is 2. The largest absolute Gasteiger partial charge is 1.00 e. The van der Waals surface area contributed by atoms with Gasteiger partial charge in [0.25, 0.3) is 0 Å². The third kappa shape index (κ3) is 2.89. The second-order valence-corrected chi connectivity index (χ2v) is 6.08. The van der Waals surface area contributed by atoms with Gasteiger partial charge in [0.15, 0.2) is 5.60 Å². The molecule has 0 fully saturated rings. The SMILES string of the molecule is O=C1OC2(c3ccc(O)cc3Oc3cc(O)ccc32)c2ccccc21.[H-].[Na+].[Tb]. The number of aromatic hydroxyl groups is 2. The van der Waals surface area contributed by atoms with E-state index in [0.29, 0.717) is 33.8 Å². The molecule has 1 spiro atoms. The van der Waals surface area contributed by atoms with Crippen LogP contribution in [-0.2, 0) is 10.3 Å². The number of phenolic OH excluding ortho intramolecular Hbond substituents is 2. The molecule has 27 heavy (non-hydrogen) atoms. The number of hydrogen-bond acceptors (Lipinski definition) is 5. The fourth-order valence-corrected chi connectivity index (χ4v) is 3.65. The van der Waals surface area contributed by atoms with Gasteiger partial charge in [-0.25, -0.2) is 4.79 Å². The third-order valence-corrected chi connectivity index (χ3v) is 4.68. The molecule has 2 aliphatic rings. The van der Waals surface area contributed by atoms with Crippen LogP contribution in [0.25, 0.3) is 0 Å². The van der Waals surface area contributed by atoms with Gasteiger partial charge in [0.1, 0.15) is 23.0 Å². The van der Waals surface area contributed by atoms with Crippen molar-refractivity contribution in [1.82, 2.24) is 0 Å². The van der Waals surface area contributed by atoms with E-state index in [2.05, 4.69) is 0 Å². The Kier molecular flexibility index (Phi) is 5.58. The predicted molar refractivity (Wildman–Crippen MR) is 89.1 cm³/mol. The molecule has 7 heteroatoms. The van der Waals surface area contributed by atoms with Gasteiger partial charge in [-0.05, 0) is 30.3 Å². The summed E-state index contributed by atoms with van der Waals surface area (Å²) >= 11 is 0. The molecule has 0 saturated heterocycles. The first-order valence-corrected chi connectivity index (χ1v) is 7.77. The van der Waals surface area contributed by atoms with Gasteiger partial charge in [0.2, 0.25) is 0 Å². The van der Waals surface area contributed by atoms with Crippen LogP contribution in [0.2, 0.25) is 0 Å². The molecule has 1 radical (unpaired) electrons. The number of fused-ring (bicyclic) bond motifs is 6. The number of phenols is 2. The quantitative estimate of drug-likeness (QED) is 0.342. The predicted octanol–water partition coefficient (Wildman–Crippen LogP) is 0.782. The van der Waals surface area contributed by atoms with Gasteiger partial charge in [0.05, 0.1) is 5.56 Å². The molecule has 0 atom stereocenters. The maximum atomic E-state index is 12.5. The van der Waals surface area contributed by atoms with Crippen molar-refractivity contribution in [1.29, 1.82) is 0 Å². The van der Waals surface area contributed by atoms with Gasteiger partial charge in [-0.15, -0.1) is 0 Å². The Morgan fingerprint density at radius 1 is 0.815 bits per heavy atom. The van der Waals surface area contributed by atoms with Crippen molar-refractivity contribution < 1.29 is 94.1 Å². The molecule has 5 nitrogen and oxygen atoms in total. The Morgan fingerprint density at radius 3 is 1.96 bits per heavy atom. The second-order valence-electron chi connectivity index (χ2n) is 6.08. The number of esters is 1. The van der Waals surface area contributed by atoms with Gasteiger partial charge in [-0.1, -0.05) is 18.2 Å². The van der Waals surface area contributed by atoms with E-state index in [-0.39, 0.29) is 81.1 Å². The standard InChI is InChI=1S/C20H12O5.Na.Tb.H/c21-11-5-7-15-17(9-11)24-18-10-12(22)6-8-16(18)20(15)14-4-2-1-3-13(14)19(23)25-20;;;/h1-10,21-22H;;;/q;+1;;-1. The summed E-state index contributed by atoms with van der Waals surface area (Å²) in [5, 5.41) is 19.7. The van der Waals surface area contributed by atoms with Crippen LogP contribution in [0.5, 0.6) is 23.0 Å². The van der Waals surface area contributed by atoms with Gasteiger partial charge in [-0.3, -0.25) is 0 Å². The maximum absolute atomic E-state index is 12.5. The van der Waals surface area contributed by atoms with Crippen LogP contribution in [0, 0.1) is 38.6 Å². The monoisotopic (exact) mass is 515 g/mol. The summed E-state index contributed by atoms with van der Waals surface area (Å²) in [6.07, 6.45) is 0. The van der Waals surface area contributed by atoms with Crippen molar-refractivity contribution in [3.8, 4) is 23.0 Å². The van der Waals surface area contributed by atoms with E-state index >= 15 is 0 Å². The molecule has 2 N–H and O–H groups in total. The molecule has 133 valence electrons. The first-order chi connectivity index (χ1) is 12.1. The summed E-state index contributed by atoms with van der Waals surface area (Å²) in [5.41, 5.74) is 1.28. The zero-order chi connectivity index (χ0) is 17.2. The molecular formula is C20H13NaO5Tb. The van der Waals surface area contributed by atoms with Gasteiger partial charge < -0.3 is 21.1 Å². The molecule has 0 unspecified atom stereocenters. The van der Waals surface area contributed by atoms with Crippen LogP contribution in [0.3, 0.4) is 0 Å². The van der Waals surface area contributed by atoms with Crippen LogP contribution >= 0.6 is 0 Å². The molecule has 0 bridgehead atoms. The molecule has 3 aromatic rings. The Hall–Kier alpha value is -1.18. The third-order valence-electron chi connectivity index (χ3n) is 4.68. The minimum atomic E-state index is -1.17. The number of carbonyl (C=O) groups is 1. The smallest absolute Gasteiger partial charge is 1.00 e. The fourth-order valence-electron chi connectivity index (χ4n) is 3.65. The normalized spacial score (nSPS) is 14.6. The summed E-state index contributed by atoms with van der Waals surface area (Å²) in [5.74, 6) is 0.408. The van der Waals surface area contributed by atoms with E-state index in [4.69, 9.17) is 9.47 Å². The number of ether oxygens (including phenoxy) is 2. The zero-order valence-corrected chi connectivity index (χ0v) is 18.4. The van der Waals surface area contributed by atoms with Crippen molar-refractivity contribution in [3.05, 3.63) is 82.9 Å². The van der Waals surface area contributed by atoms with Crippen LogP contribution in [0.4, 0.5) is 0 Å². The molecule has 2 aliphatic heterocycles. The van der Waals surface area contributed by atoms with Crippen LogP contribution in [0.15, 0.2) is 60.7 Å². The molecule has 0 aliphatic carbocycles. The molecule has 0 aromatic heterocycles. The van der Waals surface area contributed by atoms with E-state index in [1.54, 1.807) is 24.3 Å². The second kappa shape index (κ2) is 7.33. The first kappa shape index (κ1) is 20.5. The maximum Gasteiger partial charge on any atom is 1.00 e. The van der Waals surface area contributed by atoms with E-state index in [1.807, 2.05) is 12.1 Å². The van der Waals surface area contributed by atoms with E-state index in [1.165, 1.54) is 24.3 Å². The molecule has 2 heterocycles. The number of benzene rings is 3. The van der Waals surface area contributed by atoms with Crippen molar-refractivity contribution in [2.24, 2.45) is 0 Å². The minimum Gasteiger partial charge on any atom is -1.00 e. The van der Waals surface area contributed by atoms with Gasteiger partial charge in [0, 0.05) is 67.4 Å². The zero-order valence-electron chi connectivity index (χ0n) is 15.2. The van der Waals surface area contributed by atoms with Gasteiger partial charge in [-0.2, -0.15) is 0 Å². The number of carbonyl (C=O) groups excluding carboxylic acids is 1. The average Bonchev–Trinajstić information content (AvgIpc) is 2.88. The molecule has 0 saturated carbocycles. The molecular weight excluding hydrogens is 502 g/mol. The molecule has 5 rings (SSSR count). The number of rotatable bonds is 0. The Bertz CT molecular complexity index is 1020. The summed E-state index contributed by atoms with van der Waals surface area (Å²) in [6, 6.07) is 16.6. The van der Waals surface area contributed by atoms with Crippen LogP contribution < -0.4 is 34.3 Å².